The predicted octanol–water partition coefficient (Wildman–Crippen LogP) is 5.54. The number of rotatable bonds is 3. The fourth-order valence-electron chi connectivity index (χ4n) is 3.00. The number of nitrogens with one attached hydrogen (secondary N) is 1. The van der Waals surface area contributed by atoms with Gasteiger partial charge in [0.1, 0.15) is 11.3 Å². The fraction of sp³-hybridized carbons (Fsp3) is 0.0870. The summed E-state index contributed by atoms with van der Waals surface area (Å²) in [6.45, 7) is 0. The molecule has 0 atom stereocenters. The van der Waals surface area contributed by atoms with E-state index in [2.05, 4.69) is 74.4 Å². The highest BCUT2D eigenvalue weighted by atomic mass is 79.9. The molecule has 0 saturated heterocycles. The molecule has 0 amide bonds. The van der Waals surface area contributed by atoms with Gasteiger partial charge in [0.15, 0.2) is 0 Å². The topological polar surface area (TPSA) is 30.4 Å². The molecule has 32 heavy (non-hydrogen) atoms. The number of anilines is 1. The minimum absolute atomic E-state index is 0.831. The minimum atomic E-state index is -6.00. The average Bonchev–Trinajstić information content (AvgIpc) is 2.74. The van der Waals surface area contributed by atoms with Crippen LogP contribution in [0.3, 0.4) is 0 Å². The molecule has 4 rings (SSSR count). The molecule has 3 aromatic carbocycles. The average molecular weight is 507 g/mol. The zero-order chi connectivity index (χ0) is 23.3. The highest BCUT2D eigenvalue weighted by Crippen LogP contribution is 2.23. The Morgan fingerprint density at radius 3 is 2.06 bits per heavy atom. The van der Waals surface area contributed by atoms with Crippen molar-refractivity contribution in [1.29, 1.82) is 0 Å². The van der Waals surface area contributed by atoms with Crippen molar-refractivity contribution in [2.45, 2.75) is 0 Å². The van der Waals surface area contributed by atoms with E-state index in [1.165, 1.54) is 5.69 Å². The lowest BCUT2D eigenvalue weighted by atomic mass is 10.1. The molecule has 0 radical (unpaired) electrons. The lowest BCUT2D eigenvalue weighted by Crippen LogP contribution is -2.70. The number of hydrogen-bond acceptors (Lipinski definition) is 2. The van der Waals surface area contributed by atoms with Gasteiger partial charge >= 0.3 is 7.25 Å². The molecule has 4 aromatic rings. The van der Waals surface area contributed by atoms with Crippen molar-refractivity contribution < 1.29 is 26.7 Å². The van der Waals surface area contributed by atoms with Crippen molar-refractivity contribution in [3.8, 4) is 11.3 Å². The van der Waals surface area contributed by atoms with Crippen LogP contribution in [0.4, 0.5) is 28.6 Å². The number of benzene rings is 3. The quantitative estimate of drug-likeness (QED) is 0.292. The first-order valence-electron chi connectivity index (χ1n) is 9.64. The summed E-state index contributed by atoms with van der Waals surface area (Å²) in [6, 6.07) is 26.7. The third kappa shape index (κ3) is 6.72. The van der Waals surface area contributed by atoms with E-state index < -0.39 is 7.25 Å². The van der Waals surface area contributed by atoms with Crippen LogP contribution < -0.4 is 15.2 Å². The third-order valence-corrected chi connectivity index (χ3v) is 4.94. The Balaban J connectivity index is 0.000000523. The summed E-state index contributed by atoms with van der Waals surface area (Å²) in [5, 5.41) is 2.04. The summed E-state index contributed by atoms with van der Waals surface area (Å²) in [5.74, 6) is 0.831. The molecule has 0 spiro atoms. The zero-order valence-electron chi connectivity index (χ0n) is 17.3. The van der Waals surface area contributed by atoms with Crippen molar-refractivity contribution in [2.24, 2.45) is 0 Å². The zero-order valence-corrected chi connectivity index (χ0v) is 18.9. The van der Waals surface area contributed by atoms with Crippen LogP contribution in [0.2, 0.25) is 0 Å². The van der Waals surface area contributed by atoms with Crippen molar-refractivity contribution >= 4 is 45.5 Å². The summed E-state index contributed by atoms with van der Waals surface area (Å²) in [7, 11) is -1.92. The second-order valence-electron chi connectivity index (χ2n) is 7.09. The van der Waals surface area contributed by atoms with Crippen molar-refractivity contribution in [3.05, 3.63) is 88.7 Å². The molecule has 0 bridgehead atoms. The van der Waals surface area contributed by atoms with Crippen LogP contribution in [0.1, 0.15) is 0 Å². The van der Waals surface area contributed by atoms with Crippen LogP contribution in [-0.4, -0.2) is 21.3 Å². The summed E-state index contributed by atoms with van der Waals surface area (Å²) in [5.41, 5.74) is 4.09. The molecule has 9 heteroatoms. The lowest BCUT2D eigenvalue weighted by molar-refractivity contribution is -0.400. The van der Waals surface area contributed by atoms with Gasteiger partial charge < -0.3 is 26.6 Å². The number of nitrogens with zero attached hydrogens (tertiary/aromatic N) is 1. The third-order valence-electron chi connectivity index (χ3n) is 4.45. The van der Waals surface area contributed by atoms with E-state index >= 15 is 0 Å². The van der Waals surface area contributed by atoms with Crippen LogP contribution >= 0.6 is 15.9 Å². The van der Waals surface area contributed by atoms with Crippen molar-refractivity contribution in [1.82, 2.24) is 0 Å². The number of halogens is 5. The van der Waals surface area contributed by atoms with E-state index in [1.54, 1.807) is 0 Å². The Kier molecular flexibility index (Phi) is 7.40. The van der Waals surface area contributed by atoms with Gasteiger partial charge in [-0.25, -0.2) is 4.99 Å². The molecule has 0 aliphatic carbocycles. The van der Waals surface area contributed by atoms with Gasteiger partial charge in [0.25, 0.3) is 0 Å². The summed E-state index contributed by atoms with van der Waals surface area (Å²) in [4.78, 5) is 5.64. The normalized spacial score (nSPS) is 11.8. The molecule has 0 saturated carbocycles. The second-order valence-corrected chi connectivity index (χ2v) is 8.01. The van der Waals surface area contributed by atoms with E-state index in [0.717, 1.165) is 37.8 Å². The molecule has 0 aliphatic heterocycles. The van der Waals surface area contributed by atoms with Crippen LogP contribution in [0.15, 0.2) is 87.8 Å². The number of fused-ring (bicyclic) bond motifs is 1. The van der Waals surface area contributed by atoms with E-state index in [-0.39, 0.29) is 0 Å². The lowest BCUT2D eigenvalue weighted by Gasteiger charge is -2.10. The van der Waals surface area contributed by atoms with Crippen LogP contribution in [-0.2, 0) is 0 Å². The number of hydrogen-bond donors (Lipinski definition) is 1. The summed E-state index contributed by atoms with van der Waals surface area (Å²) >= 11 is 3.57. The van der Waals surface area contributed by atoms with Crippen molar-refractivity contribution in [2.75, 3.05) is 19.0 Å². The fourth-order valence-corrected chi connectivity index (χ4v) is 3.37. The van der Waals surface area contributed by atoms with E-state index in [4.69, 9.17) is 4.42 Å². The molecule has 1 aromatic heterocycles. The first kappa shape index (κ1) is 23.6. The maximum absolute atomic E-state index is 9.75. The molecule has 0 fully saturated rings. The smallest absolute Gasteiger partial charge is 0.456 e. The first-order chi connectivity index (χ1) is 15.1. The largest absolute Gasteiger partial charge is 0.673 e. The Bertz CT molecular complexity index is 1250. The first-order valence-corrected chi connectivity index (χ1v) is 10.4. The van der Waals surface area contributed by atoms with Crippen LogP contribution in [0.5, 0.6) is 0 Å². The standard InChI is InChI=1S/C23H19BrN2O.BF4/c1-26(2)19-11-9-18(10-12-19)25-21-15-23(16-6-4-3-5-7-16)27-22-13-8-17(24)14-20(21)22;2-1(3,4)5/h3-15H,1-2H3;/q;-1/p+1. The molecule has 3 nitrogen and oxygen atoms in total. The minimum Gasteiger partial charge on any atom is -0.456 e. The van der Waals surface area contributed by atoms with Gasteiger partial charge in [-0.3, -0.25) is 0 Å². The molecular formula is C23H20BBrF4N2O. The van der Waals surface area contributed by atoms with E-state index in [9.17, 15) is 17.3 Å². The van der Waals surface area contributed by atoms with Gasteiger partial charge in [0.05, 0.1) is 11.5 Å². The van der Waals surface area contributed by atoms with Gasteiger partial charge in [-0.2, -0.15) is 0 Å². The van der Waals surface area contributed by atoms with Gasteiger partial charge in [0, 0.05) is 42.0 Å². The highest BCUT2D eigenvalue weighted by Gasteiger charge is 2.20. The van der Waals surface area contributed by atoms with Crippen LogP contribution in [0, 0.1) is 0 Å². The van der Waals surface area contributed by atoms with Crippen LogP contribution in [0.25, 0.3) is 22.3 Å². The molecule has 0 aliphatic rings. The summed E-state index contributed by atoms with van der Waals surface area (Å²) in [6.07, 6.45) is 0. The Morgan fingerprint density at radius 1 is 0.844 bits per heavy atom. The maximum atomic E-state index is 9.75. The van der Waals surface area contributed by atoms with Gasteiger partial charge in [0.2, 0.25) is 11.0 Å². The Hall–Kier alpha value is -3.07. The maximum Gasteiger partial charge on any atom is 0.673 e. The van der Waals surface area contributed by atoms with Gasteiger partial charge in [-0.1, -0.05) is 46.3 Å². The molecule has 1 heterocycles. The molecule has 0 unspecified atom stereocenters. The second kappa shape index (κ2) is 10.0. The van der Waals surface area contributed by atoms with E-state index in [1.807, 2.05) is 44.4 Å². The highest BCUT2D eigenvalue weighted by molar-refractivity contribution is 9.10. The monoisotopic (exact) mass is 506 g/mol. The van der Waals surface area contributed by atoms with Crippen molar-refractivity contribution in [3.63, 3.8) is 0 Å². The summed E-state index contributed by atoms with van der Waals surface area (Å²) < 4.78 is 46.2. The Morgan fingerprint density at radius 2 is 1.47 bits per heavy atom. The SMILES string of the molecule is CN(C)c1ccc([NH+]=c2cc(-c3ccccc3)oc3ccc(Br)cc23)cc1.F[B-](F)(F)F. The Labute approximate surface area is 191 Å². The molecular weight excluding hydrogens is 487 g/mol. The molecule has 166 valence electrons. The molecule has 1 N–H and O–H groups in total. The predicted molar refractivity (Wildman–Crippen MR) is 124 cm³/mol. The van der Waals surface area contributed by atoms with Gasteiger partial charge in [-0.05, 0) is 30.3 Å². The van der Waals surface area contributed by atoms with E-state index in [0.29, 0.717) is 0 Å². The van der Waals surface area contributed by atoms with Gasteiger partial charge in [-0.15, -0.1) is 0 Å².